The van der Waals surface area contributed by atoms with Crippen LogP contribution in [-0.4, -0.2) is 43.9 Å². The monoisotopic (exact) mass is 541 g/mol. The number of carboxylic acids is 2. The smallest absolute Gasteiger partial charge is 0.351 e. The first-order chi connectivity index (χ1) is 18.7. The van der Waals surface area contributed by atoms with Gasteiger partial charge in [0.15, 0.2) is 5.97 Å². The second kappa shape index (κ2) is 14.9. The Morgan fingerprint density at radius 1 is 0.923 bits per heavy atom. The first kappa shape index (κ1) is 29.7. The van der Waals surface area contributed by atoms with Gasteiger partial charge in [-0.05, 0) is 84.8 Å². The number of nitrogens with one attached hydrogen (secondary N) is 1. The molecular weight excluding hydrogens is 508 g/mol. The van der Waals surface area contributed by atoms with Crippen LogP contribution in [0.25, 0.3) is 0 Å². The highest BCUT2D eigenvalue weighted by Gasteiger charge is 2.23. The summed E-state index contributed by atoms with van der Waals surface area (Å²) in [6.45, 7) is 3.99. The highest BCUT2D eigenvalue weighted by atomic mass is 19.1. The molecule has 1 saturated heterocycles. The normalized spacial score (nSPS) is 16.7. The number of carbonyl (C=O) groups excluding carboxylic acids is 1. The van der Waals surface area contributed by atoms with E-state index >= 15 is 0 Å². The van der Waals surface area contributed by atoms with Crippen LogP contribution in [0, 0.1) is 17.6 Å². The van der Waals surface area contributed by atoms with E-state index in [9.17, 15) is 8.78 Å². The summed E-state index contributed by atoms with van der Waals surface area (Å²) in [6, 6.07) is 21.1. The molecule has 1 aliphatic heterocycles. The number of hydrogen-bond donors (Lipinski definition) is 2. The minimum Gasteiger partial charge on any atom is -0.539 e. The number of methoxy groups -OCH3 is 1. The van der Waals surface area contributed by atoms with Crippen LogP contribution in [0.4, 0.5) is 8.78 Å². The number of hydrogen-bond acceptors (Lipinski definition) is 5. The number of carboxylic acid groups (broad SMARTS) is 2. The maximum atomic E-state index is 13.4. The molecule has 4 rings (SSSR count). The van der Waals surface area contributed by atoms with Gasteiger partial charge in [0, 0.05) is 12.2 Å². The molecule has 0 radical (unpaired) electrons. The van der Waals surface area contributed by atoms with Gasteiger partial charge in [0.05, 0.1) is 20.2 Å². The van der Waals surface area contributed by atoms with Crippen LogP contribution in [0.15, 0.2) is 72.8 Å². The molecule has 0 spiro atoms. The Labute approximate surface area is 226 Å². The Balaban J connectivity index is 0.000000631. The molecule has 3 aromatic rings. The molecule has 1 heterocycles. The van der Waals surface area contributed by atoms with Gasteiger partial charge in [0.25, 0.3) is 0 Å². The van der Waals surface area contributed by atoms with Gasteiger partial charge in [-0.3, -0.25) is 0 Å². The molecule has 2 N–H and O–H groups in total. The molecular formula is C30H33F2NO6. The Morgan fingerprint density at radius 2 is 1.41 bits per heavy atom. The maximum absolute atomic E-state index is 13.4. The standard InChI is InChI=1S/C28H31F2NO2.C2H2O4/c1-32-27-12-2-22(3-13-27)20-31-17-14-21(15-18-31)16-19-33-28(23-4-8-25(29)9-5-23)24-6-10-26(30)11-7-24;3-1(4)2(5)6/h2-13,21,28H,14-20H2,1H3;(H,3,4)(H,5,6). The third kappa shape index (κ3) is 9.77. The van der Waals surface area contributed by atoms with Gasteiger partial charge >= 0.3 is 5.97 Å². The summed E-state index contributed by atoms with van der Waals surface area (Å²) in [4.78, 5) is 19.6. The van der Waals surface area contributed by atoms with Crippen molar-refractivity contribution in [1.29, 1.82) is 0 Å². The second-order valence-corrected chi connectivity index (χ2v) is 9.45. The maximum Gasteiger partial charge on any atom is 0.351 e. The molecule has 208 valence electrons. The van der Waals surface area contributed by atoms with Crippen LogP contribution in [0.2, 0.25) is 0 Å². The predicted octanol–water partition coefficient (Wildman–Crippen LogP) is 2.79. The lowest BCUT2D eigenvalue weighted by atomic mass is 9.93. The molecule has 0 bridgehead atoms. The first-order valence-corrected chi connectivity index (χ1v) is 12.8. The average molecular weight is 542 g/mol. The van der Waals surface area contributed by atoms with Crippen molar-refractivity contribution in [2.24, 2.45) is 5.92 Å². The number of piperidine rings is 1. The van der Waals surface area contributed by atoms with Crippen LogP contribution >= 0.6 is 0 Å². The molecule has 0 unspecified atom stereocenters. The summed E-state index contributed by atoms with van der Waals surface area (Å²) in [7, 11) is 1.69. The van der Waals surface area contributed by atoms with Crippen molar-refractivity contribution >= 4 is 11.9 Å². The lowest BCUT2D eigenvalue weighted by molar-refractivity contribution is -0.919. The summed E-state index contributed by atoms with van der Waals surface area (Å²) in [6.07, 6.45) is 3.04. The number of carbonyl (C=O) groups is 2. The minimum atomic E-state index is -2.07. The van der Waals surface area contributed by atoms with E-state index in [1.807, 2.05) is 12.1 Å². The number of rotatable bonds is 9. The van der Waals surface area contributed by atoms with Gasteiger partial charge in [0.1, 0.15) is 30.0 Å². The molecule has 0 saturated carbocycles. The minimum absolute atomic E-state index is 0.277. The Hall–Kier alpha value is -3.82. The molecule has 0 aliphatic carbocycles. The average Bonchev–Trinajstić information content (AvgIpc) is 2.94. The molecule has 39 heavy (non-hydrogen) atoms. The fourth-order valence-electron chi connectivity index (χ4n) is 4.60. The van der Waals surface area contributed by atoms with E-state index in [0.29, 0.717) is 12.5 Å². The zero-order chi connectivity index (χ0) is 28.2. The summed E-state index contributed by atoms with van der Waals surface area (Å²) in [5, 5.41) is 16.3. The third-order valence-corrected chi connectivity index (χ3v) is 6.76. The number of benzene rings is 3. The van der Waals surface area contributed by atoms with Crippen molar-refractivity contribution < 1.29 is 43.0 Å². The van der Waals surface area contributed by atoms with E-state index in [1.54, 1.807) is 36.3 Å². The number of quaternary nitrogens is 1. The van der Waals surface area contributed by atoms with Crippen molar-refractivity contribution in [3.05, 3.63) is 101 Å². The SMILES string of the molecule is COc1ccc(C[NH+]2CCC(CCOC(c3ccc(F)cc3)c3ccc(F)cc3)CC2)cc1.O=C([O-])C(=O)O. The van der Waals surface area contributed by atoms with Gasteiger partial charge in [0.2, 0.25) is 0 Å². The molecule has 0 atom stereocenters. The predicted molar refractivity (Wildman–Crippen MR) is 138 cm³/mol. The van der Waals surface area contributed by atoms with Crippen molar-refractivity contribution in [3.8, 4) is 5.75 Å². The number of likely N-dealkylation sites (tertiary alicyclic amines) is 1. The fourth-order valence-corrected chi connectivity index (χ4v) is 4.60. The lowest BCUT2D eigenvalue weighted by Crippen LogP contribution is -3.11. The Morgan fingerprint density at radius 3 is 1.85 bits per heavy atom. The van der Waals surface area contributed by atoms with Gasteiger partial charge < -0.3 is 29.4 Å². The Kier molecular flexibility index (Phi) is 11.4. The number of aliphatic carboxylic acids is 2. The summed E-state index contributed by atoms with van der Waals surface area (Å²) in [5.74, 6) is -3.02. The van der Waals surface area contributed by atoms with Crippen molar-refractivity contribution in [3.63, 3.8) is 0 Å². The van der Waals surface area contributed by atoms with E-state index in [2.05, 4.69) is 12.1 Å². The summed E-state index contributed by atoms with van der Waals surface area (Å²) >= 11 is 0. The van der Waals surface area contributed by atoms with Crippen LogP contribution in [0.5, 0.6) is 5.75 Å². The van der Waals surface area contributed by atoms with E-state index in [-0.39, 0.29) is 17.7 Å². The van der Waals surface area contributed by atoms with Gasteiger partial charge in [-0.25, -0.2) is 13.6 Å². The molecule has 0 amide bonds. The molecule has 1 fully saturated rings. The van der Waals surface area contributed by atoms with Crippen molar-refractivity contribution in [2.75, 3.05) is 26.8 Å². The molecule has 1 aliphatic rings. The molecule has 0 aromatic heterocycles. The van der Waals surface area contributed by atoms with Crippen molar-refractivity contribution in [2.45, 2.75) is 31.9 Å². The number of ether oxygens (including phenoxy) is 2. The lowest BCUT2D eigenvalue weighted by Gasteiger charge is -2.30. The summed E-state index contributed by atoms with van der Waals surface area (Å²) < 4.78 is 38.3. The zero-order valence-electron chi connectivity index (χ0n) is 21.8. The highest BCUT2D eigenvalue weighted by molar-refractivity contribution is 6.26. The quantitative estimate of drug-likeness (QED) is 0.404. The van der Waals surface area contributed by atoms with Crippen LogP contribution in [-0.2, 0) is 20.9 Å². The fraction of sp³-hybridized carbons (Fsp3) is 0.333. The van der Waals surface area contributed by atoms with Gasteiger partial charge in [-0.15, -0.1) is 0 Å². The number of halogens is 2. The van der Waals surface area contributed by atoms with E-state index in [4.69, 9.17) is 29.3 Å². The highest BCUT2D eigenvalue weighted by Crippen LogP contribution is 2.28. The van der Waals surface area contributed by atoms with E-state index in [1.165, 1.54) is 42.7 Å². The van der Waals surface area contributed by atoms with Crippen LogP contribution in [0.1, 0.15) is 42.1 Å². The molecule has 9 heteroatoms. The van der Waals surface area contributed by atoms with Crippen LogP contribution in [0.3, 0.4) is 0 Å². The van der Waals surface area contributed by atoms with Gasteiger partial charge in [-0.1, -0.05) is 24.3 Å². The largest absolute Gasteiger partial charge is 0.539 e. The molecule has 3 aromatic carbocycles. The molecule has 7 nitrogen and oxygen atoms in total. The van der Waals surface area contributed by atoms with Gasteiger partial charge in [-0.2, -0.15) is 0 Å². The second-order valence-electron chi connectivity index (χ2n) is 9.45. The summed E-state index contributed by atoms with van der Waals surface area (Å²) in [5.41, 5.74) is 3.09. The zero-order valence-corrected chi connectivity index (χ0v) is 21.8. The van der Waals surface area contributed by atoms with Crippen LogP contribution < -0.4 is 14.7 Å². The Bertz CT molecular complexity index is 1120. The van der Waals surface area contributed by atoms with E-state index < -0.39 is 11.9 Å². The first-order valence-electron chi connectivity index (χ1n) is 12.8. The van der Waals surface area contributed by atoms with Crippen molar-refractivity contribution in [1.82, 2.24) is 0 Å². The topological polar surface area (TPSA) is 100 Å². The van der Waals surface area contributed by atoms with E-state index in [0.717, 1.165) is 42.9 Å². The third-order valence-electron chi connectivity index (χ3n) is 6.76.